The van der Waals surface area contributed by atoms with E-state index < -0.39 is 0 Å². The first-order valence-electron chi connectivity index (χ1n) is 5.78. The minimum absolute atomic E-state index is 0.0200. The quantitative estimate of drug-likeness (QED) is 0.532. The smallest absolute Gasteiger partial charge is 0.233 e. The SMILES string of the molecule is O=c1c2cnn(-c3ccccc3)c2oc2ccsc12. The third-order valence-electron chi connectivity index (χ3n) is 3.01. The monoisotopic (exact) mass is 268 g/mol. The Morgan fingerprint density at radius 1 is 1.16 bits per heavy atom. The summed E-state index contributed by atoms with van der Waals surface area (Å²) in [6, 6.07) is 11.4. The molecule has 0 amide bonds. The Labute approximate surface area is 111 Å². The van der Waals surface area contributed by atoms with Crippen LogP contribution in [0.5, 0.6) is 0 Å². The van der Waals surface area contributed by atoms with Gasteiger partial charge in [-0.15, -0.1) is 11.3 Å². The van der Waals surface area contributed by atoms with Crippen LogP contribution in [-0.4, -0.2) is 9.78 Å². The van der Waals surface area contributed by atoms with E-state index in [0.29, 0.717) is 21.4 Å². The second-order valence-electron chi connectivity index (χ2n) is 4.16. The number of para-hydroxylation sites is 1. The summed E-state index contributed by atoms with van der Waals surface area (Å²) in [4.78, 5) is 12.3. The van der Waals surface area contributed by atoms with Crippen LogP contribution in [0.4, 0.5) is 0 Å². The van der Waals surface area contributed by atoms with Crippen LogP contribution < -0.4 is 5.43 Å². The normalized spacial score (nSPS) is 11.4. The Morgan fingerprint density at radius 3 is 2.84 bits per heavy atom. The van der Waals surface area contributed by atoms with Gasteiger partial charge in [-0.05, 0) is 23.6 Å². The molecule has 0 aliphatic rings. The van der Waals surface area contributed by atoms with Gasteiger partial charge in [0.15, 0.2) is 5.58 Å². The van der Waals surface area contributed by atoms with Crippen LogP contribution in [0.3, 0.4) is 0 Å². The van der Waals surface area contributed by atoms with Crippen LogP contribution in [-0.2, 0) is 0 Å². The minimum Gasteiger partial charge on any atom is -0.436 e. The van der Waals surface area contributed by atoms with Crippen LogP contribution in [0.2, 0.25) is 0 Å². The van der Waals surface area contributed by atoms with Crippen molar-refractivity contribution in [2.75, 3.05) is 0 Å². The van der Waals surface area contributed by atoms with Crippen molar-refractivity contribution in [1.29, 1.82) is 0 Å². The average Bonchev–Trinajstić information content (AvgIpc) is 3.07. The van der Waals surface area contributed by atoms with Crippen LogP contribution in [0.15, 0.2) is 57.2 Å². The molecule has 0 atom stereocenters. The molecule has 19 heavy (non-hydrogen) atoms. The van der Waals surface area contributed by atoms with Gasteiger partial charge in [-0.25, -0.2) is 4.68 Å². The molecule has 0 aliphatic carbocycles. The third kappa shape index (κ3) is 1.45. The van der Waals surface area contributed by atoms with Gasteiger partial charge in [-0.1, -0.05) is 18.2 Å². The van der Waals surface area contributed by atoms with Crippen molar-refractivity contribution in [3.8, 4) is 5.69 Å². The highest BCUT2D eigenvalue weighted by molar-refractivity contribution is 7.17. The molecule has 0 bridgehead atoms. The Balaban J connectivity index is 2.14. The molecule has 0 spiro atoms. The fourth-order valence-electron chi connectivity index (χ4n) is 2.11. The highest BCUT2D eigenvalue weighted by Crippen LogP contribution is 2.23. The van der Waals surface area contributed by atoms with Gasteiger partial charge >= 0.3 is 0 Å². The third-order valence-corrected chi connectivity index (χ3v) is 3.91. The molecule has 0 saturated heterocycles. The standard InChI is InChI=1S/C14H8N2O2S/c17-12-10-8-15-16(9-4-2-1-3-5-9)14(10)18-11-6-7-19-13(11)12/h1-8H. The summed E-state index contributed by atoms with van der Waals surface area (Å²) in [6.45, 7) is 0. The van der Waals surface area contributed by atoms with E-state index in [1.54, 1.807) is 10.9 Å². The second kappa shape index (κ2) is 3.80. The molecule has 3 heterocycles. The van der Waals surface area contributed by atoms with Crippen molar-refractivity contribution in [2.45, 2.75) is 0 Å². The van der Waals surface area contributed by atoms with Crippen molar-refractivity contribution in [1.82, 2.24) is 9.78 Å². The molecule has 0 N–H and O–H groups in total. The maximum Gasteiger partial charge on any atom is 0.233 e. The summed E-state index contributed by atoms with van der Waals surface area (Å²) in [6.07, 6.45) is 1.56. The van der Waals surface area contributed by atoms with E-state index in [9.17, 15) is 4.79 Å². The van der Waals surface area contributed by atoms with E-state index in [2.05, 4.69) is 5.10 Å². The van der Waals surface area contributed by atoms with Gasteiger partial charge in [-0.3, -0.25) is 4.79 Å². The van der Waals surface area contributed by atoms with Crippen molar-refractivity contribution in [2.24, 2.45) is 0 Å². The zero-order valence-corrected chi connectivity index (χ0v) is 10.6. The van der Waals surface area contributed by atoms with Gasteiger partial charge in [0.2, 0.25) is 11.1 Å². The van der Waals surface area contributed by atoms with Gasteiger partial charge in [0, 0.05) is 0 Å². The van der Waals surface area contributed by atoms with Crippen LogP contribution in [0.25, 0.3) is 27.1 Å². The van der Waals surface area contributed by atoms with Crippen LogP contribution in [0.1, 0.15) is 0 Å². The molecule has 4 rings (SSSR count). The zero-order chi connectivity index (χ0) is 12.8. The molecule has 0 fully saturated rings. The average molecular weight is 268 g/mol. The number of nitrogens with zero attached hydrogens (tertiary/aromatic N) is 2. The summed E-state index contributed by atoms with van der Waals surface area (Å²) in [5, 5.41) is 6.63. The largest absolute Gasteiger partial charge is 0.436 e. The molecule has 4 nitrogen and oxygen atoms in total. The van der Waals surface area contributed by atoms with E-state index in [4.69, 9.17) is 4.42 Å². The highest BCUT2D eigenvalue weighted by Gasteiger charge is 2.14. The van der Waals surface area contributed by atoms with Crippen LogP contribution >= 0.6 is 11.3 Å². The molecular formula is C14H8N2O2S. The number of hydrogen-bond acceptors (Lipinski definition) is 4. The van der Waals surface area contributed by atoms with Crippen molar-refractivity contribution < 1.29 is 4.42 Å². The number of aromatic nitrogens is 2. The van der Waals surface area contributed by atoms with E-state index >= 15 is 0 Å². The van der Waals surface area contributed by atoms with Crippen molar-refractivity contribution in [3.05, 3.63) is 58.2 Å². The number of fused-ring (bicyclic) bond motifs is 2. The lowest BCUT2D eigenvalue weighted by Crippen LogP contribution is -2.00. The summed E-state index contributed by atoms with van der Waals surface area (Å²) < 4.78 is 8.09. The zero-order valence-electron chi connectivity index (χ0n) is 9.74. The first kappa shape index (κ1) is 10.5. The summed E-state index contributed by atoms with van der Waals surface area (Å²) >= 11 is 1.39. The predicted molar refractivity (Wildman–Crippen MR) is 75.0 cm³/mol. The molecule has 5 heteroatoms. The first-order chi connectivity index (χ1) is 9.34. The highest BCUT2D eigenvalue weighted by atomic mass is 32.1. The van der Waals surface area contributed by atoms with Crippen molar-refractivity contribution >= 4 is 32.7 Å². The topological polar surface area (TPSA) is 48.0 Å². The first-order valence-corrected chi connectivity index (χ1v) is 6.66. The van der Waals surface area contributed by atoms with E-state index in [0.717, 1.165) is 5.69 Å². The van der Waals surface area contributed by atoms with E-state index in [1.165, 1.54) is 11.3 Å². The van der Waals surface area contributed by atoms with E-state index in [1.807, 2.05) is 41.8 Å². The predicted octanol–water partition coefficient (Wildman–Crippen LogP) is 3.19. The van der Waals surface area contributed by atoms with Gasteiger partial charge in [-0.2, -0.15) is 5.10 Å². The summed E-state index contributed by atoms with van der Waals surface area (Å²) in [7, 11) is 0. The lowest BCUT2D eigenvalue weighted by atomic mass is 10.3. The molecule has 3 aromatic heterocycles. The molecule has 4 aromatic rings. The fourth-order valence-corrected chi connectivity index (χ4v) is 2.88. The Bertz CT molecular complexity index is 934. The molecule has 0 radical (unpaired) electrons. The van der Waals surface area contributed by atoms with Crippen LogP contribution in [0, 0.1) is 0 Å². The number of benzene rings is 1. The molecule has 0 aliphatic heterocycles. The Morgan fingerprint density at radius 2 is 2.00 bits per heavy atom. The van der Waals surface area contributed by atoms with Gasteiger partial charge < -0.3 is 4.42 Å². The lowest BCUT2D eigenvalue weighted by Gasteiger charge is -2.01. The minimum atomic E-state index is -0.0200. The number of thiophene rings is 1. The van der Waals surface area contributed by atoms with Gasteiger partial charge in [0.05, 0.1) is 11.9 Å². The second-order valence-corrected chi connectivity index (χ2v) is 5.07. The Kier molecular flexibility index (Phi) is 2.10. The maximum absolute atomic E-state index is 12.3. The maximum atomic E-state index is 12.3. The summed E-state index contributed by atoms with van der Waals surface area (Å²) in [5.41, 5.74) is 1.95. The fraction of sp³-hybridized carbons (Fsp3) is 0. The van der Waals surface area contributed by atoms with E-state index in [-0.39, 0.29) is 5.43 Å². The molecule has 0 unspecified atom stereocenters. The van der Waals surface area contributed by atoms with Crippen molar-refractivity contribution in [3.63, 3.8) is 0 Å². The molecular weight excluding hydrogens is 260 g/mol. The number of hydrogen-bond donors (Lipinski definition) is 0. The number of rotatable bonds is 1. The molecule has 1 aromatic carbocycles. The lowest BCUT2D eigenvalue weighted by molar-refractivity contribution is 0.623. The van der Waals surface area contributed by atoms with Gasteiger partial charge in [0.25, 0.3) is 0 Å². The Hall–Kier alpha value is -2.40. The van der Waals surface area contributed by atoms with Gasteiger partial charge in [0.1, 0.15) is 10.1 Å². The molecule has 0 saturated carbocycles. The summed E-state index contributed by atoms with van der Waals surface area (Å²) in [5.74, 6) is 0. The molecule has 92 valence electrons.